The van der Waals surface area contributed by atoms with E-state index in [1.807, 2.05) is 36.1 Å². The molecule has 0 N–H and O–H groups in total. The molecular weight excluding hydrogens is 792 g/mol. The van der Waals surface area contributed by atoms with Gasteiger partial charge >= 0.3 is 12.3 Å². The summed E-state index contributed by atoms with van der Waals surface area (Å²) in [5.74, 6) is 0.497. The van der Waals surface area contributed by atoms with E-state index in [2.05, 4.69) is 15.0 Å². The number of halogens is 5. The Balaban J connectivity index is 1.38. The first kappa shape index (κ1) is 41.6. The SMILES string of the molecule is COc1ccc(CN(Cc2ccc(OC)cc2)c2cc(C)c(C(F)(F)F)c(-c3c(Cl)c4c5c(ncnc5c3F)N3CCN(C(=O)OC(C)(C)C)[C@@H](C)[C@H]3[C@H](C)O4)n2)cc1. The summed E-state index contributed by atoms with van der Waals surface area (Å²) in [5, 5.41) is -0.311. The van der Waals surface area contributed by atoms with Gasteiger partial charge in [0.05, 0.1) is 53.5 Å². The van der Waals surface area contributed by atoms with E-state index < -0.39 is 63.7 Å². The highest BCUT2D eigenvalue weighted by molar-refractivity contribution is 6.36. The molecule has 1 saturated heterocycles. The molecule has 3 aromatic carbocycles. The van der Waals surface area contributed by atoms with E-state index in [0.717, 1.165) is 17.5 Å². The van der Waals surface area contributed by atoms with Crippen molar-refractivity contribution in [3.05, 3.63) is 94.0 Å². The molecule has 11 nitrogen and oxygen atoms in total. The van der Waals surface area contributed by atoms with Gasteiger partial charge in [0.1, 0.15) is 46.7 Å². The summed E-state index contributed by atoms with van der Waals surface area (Å²) in [4.78, 5) is 32.0. The Morgan fingerprint density at radius 2 is 1.54 bits per heavy atom. The van der Waals surface area contributed by atoms with Crippen LogP contribution in [0.4, 0.5) is 34.0 Å². The smallest absolute Gasteiger partial charge is 0.418 e. The summed E-state index contributed by atoms with van der Waals surface area (Å²) in [6, 6.07) is 14.9. The molecule has 7 rings (SSSR count). The Morgan fingerprint density at radius 1 is 0.949 bits per heavy atom. The van der Waals surface area contributed by atoms with Gasteiger partial charge in [-0.15, -0.1) is 0 Å². The first-order chi connectivity index (χ1) is 27.9. The number of nitrogens with zero attached hydrogens (tertiary/aromatic N) is 6. The van der Waals surface area contributed by atoms with Crippen molar-refractivity contribution in [1.29, 1.82) is 0 Å². The van der Waals surface area contributed by atoms with Crippen LogP contribution in [0.1, 0.15) is 56.9 Å². The van der Waals surface area contributed by atoms with Crippen molar-refractivity contribution >= 4 is 40.2 Å². The first-order valence-corrected chi connectivity index (χ1v) is 19.5. The Bertz CT molecular complexity index is 2330. The molecule has 0 bridgehead atoms. The third-order valence-corrected chi connectivity index (χ3v) is 11.0. The molecule has 0 unspecified atom stereocenters. The lowest BCUT2D eigenvalue weighted by Gasteiger charge is -2.47. The Labute approximate surface area is 344 Å². The highest BCUT2D eigenvalue weighted by atomic mass is 35.5. The lowest BCUT2D eigenvalue weighted by atomic mass is 9.97. The van der Waals surface area contributed by atoms with Crippen LogP contribution >= 0.6 is 11.6 Å². The van der Waals surface area contributed by atoms with Gasteiger partial charge in [0, 0.05) is 26.2 Å². The number of aromatic nitrogens is 3. The van der Waals surface area contributed by atoms with Crippen LogP contribution in [-0.4, -0.2) is 77.0 Å². The number of alkyl halides is 3. The van der Waals surface area contributed by atoms with E-state index in [9.17, 15) is 4.79 Å². The number of piperazine rings is 1. The monoisotopic (exact) mass is 836 g/mol. The largest absolute Gasteiger partial charge is 0.497 e. The van der Waals surface area contributed by atoms with Gasteiger partial charge in [-0.2, -0.15) is 13.2 Å². The lowest BCUT2D eigenvalue weighted by Crippen LogP contribution is -2.64. The average Bonchev–Trinajstić information content (AvgIpc) is 3.31. The van der Waals surface area contributed by atoms with Crippen molar-refractivity contribution in [3.63, 3.8) is 0 Å². The van der Waals surface area contributed by atoms with Crippen LogP contribution in [0.15, 0.2) is 60.9 Å². The number of hydrogen-bond acceptors (Lipinski definition) is 10. The van der Waals surface area contributed by atoms with Gasteiger partial charge in [-0.25, -0.2) is 24.1 Å². The zero-order valence-corrected chi connectivity index (χ0v) is 34.7. The number of amides is 1. The van der Waals surface area contributed by atoms with Gasteiger partial charge in [-0.05, 0) is 88.6 Å². The number of anilines is 2. The number of benzene rings is 3. The van der Waals surface area contributed by atoms with Crippen molar-refractivity contribution in [1.82, 2.24) is 19.9 Å². The molecule has 312 valence electrons. The van der Waals surface area contributed by atoms with Crippen molar-refractivity contribution in [3.8, 4) is 28.5 Å². The van der Waals surface area contributed by atoms with Crippen LogP contribution in [0.5, 0.6) is 17.2 Å². The van der Waals surface area contributed by atoms with Crippen LogP contribution in [0, 0.1) is 12.7 Å². The summed E-state index contributed by atoms with van der Waals surface area (Å²) in [6.07, 6.45) is -5.04. The van der Waals surface area contributed by atoms with Gasteiger partial charge < -0.3 is 33.6 Å². The standard InChI is InChI=1S/C43H45ClF4N6O5/c1-23-19-30(52(20-26-9-13-28(56-7)14-10-26)21-27-11-15-29(57-8)16-12-27)51-36(33(23)43(46,47)48)31-34(44)39-32-37(35(31)45)49-22-50-40(32)54-18-17-53(41(55)59-42(4,5)6)24(2)38(54)25(3)58-39/h9-16,19,22,24-25,38H,17-18,20-21H2,1-8H3/t24-,25-,38-/m0/s1. The number of rotatable bonds is 8. The van der Waals surface area contributed by atoms with Crippen LogP contribution < -0.4 is 24.0 Å². The topological polar surface area (TPSA) is 102 Å². The van der Waals surface area contributed by atoms with E-state index in [0.29, 0.717) is 11.5 Å². The number of hydrogen-bond donors (Lipinski definition) is 0. The molecule has 2 aromatic heterocycles. The Morgan fingerprint density at radius 3 is 2.08 bits per heavy atom. The van der Waals surface area contributed by atoms with Crippen LogP contribution in [0.3, 0.4) is 0 Å². The predicted molar refractivity (Wildman–Crippen MR) is 217 cm³/mol. The second-order valence-corrected chi connectivity index (χ2v) is 16.1. The number of methoxy groups -OCH3 is 2. The highest BCUT2D eigenvalue weighted by Gasteiger charge is 2.46. The summed E-state index contributed by atoms with van der Waals surface area (Å²) < 4.78 is 85.9. The molecule has 0 spiro atoms. The van der Waals surface area contributed by atoms with Gasteiger partial charge in [0.2, 0.25) is 0 Å². The number of ether oxygens (including phenoxy) is 4. The van der Waals surface area contributed by atoms with Crippen molar-refractivity contribution in [2.24, 2.45) is 0 Å². The number of carbonyl (C=O) groups excluding carboxylic acids is 1. The van der Waals surface area contributed by atoms with E-state index in [4.69, 9.17) is 30.5 Å². The summed E-state index contributed by atoms with van der Waals surface area (Å²) in [7, 11) is 3.11. The second kappa shape index (κ2) is 15.9. The van der Waals surface area contributed by atoms with Gasteiger partial charge in [0.15, 0.2) is 11.6 Å². The molecule has 59 heavy (non-hydrogen) atoms. The fourth-order valence-corrected chi connectivity index (χ4v) is 8.25. The van der Waals surface area contributed by atoms with E-state index in [-0.39, 0.29) is 60.0 Å². The number of pyridine rings is 1. The van der Waals surface area contributed by atoms with E-state index >= 15 is 17.6 Å². The first-order valence-electron chi connectivity index (χ1n) is 19.1. The maximum absolute atomic E-state index is 17.3. The molecule has 1 amide bonds. The van der Waals surface area contributed by atoms with Crippen molar-refractivity contribution < 1.29 is 41.3 Å². The number of carbonyl (C=O) groups is 1. The molecule has 4 heterocycles. The van der Waals surface area contributed by atoms with E-state index in [1.165, 1.54) is 13.0 Å². The van der Waals surface area contributed by atoms with Crippen LogP contribution in [0.2, 0.25) is 5.02 Å². The normalized spacial score (nSPS) is 17.9. The van der Waals surface area contributed by atoms with Crippen molar-refractivity contribution in [2.75, 3.05) is 37.1 Å². The molecule has 5 aromatic rings. The van der Waals surface area contributed by atoms with Crippen LogP contribution in [0.25, 0.3) is 22.2 Å². The maximum Gasteiger partial charge on any atom is 0.418 e. The molecule has 16 heteroatoms. The quantitative estimate of drug-likeness (QED) is 0.141. The number of fused-ring (bicyclic) bond motifs is 2. The molecule has 3 atom stereocenters. The maximum atomic E-state index is 17.3. The van der Waals surface area contributed by atoms with Gasteiger partial charge in [0.25, 0.3) is 0 Å². The summed E-state index contributed by atoms with van der Waals surface area (Å²) in [6.45, 7) is 11.2. The zero-order chi connectivity index (χ0) is 42.6. The minimum absolute atomic E-state index is 0.0853. The minimum Gasteiger partial charge on any atom is -0.497 e. The van der Waals surface area contributed by atoms with Gasteiger partial charge in [-0.1, -0.05) is 35.9 Å². The Hall–Kier alpha value is -5.57. The van der Waals surface area contributed by atoms with Gasteiger partial charge in [-0.3, -0.25) is 0 Å². The van der Waals surface area contributed by atoms with Crippen molar-refractivity contribution in [2.45, 2.75) is 84.6 Å². The second-order valence-electron chi connectivity index (χ2n) is 15.7. The Kier molecular flexibility index (Phi) is 11.2. The predicted octanol–water partition coefficient (Wildman–Crippen LogP) is 9.63. The molecule has 2 aliphatic rings. The molecule has 0 radical (unpaired) electrons. The summed E-state index contributed by atoms with van der Waals surface area (Å²) >= 11 is 7.11. The molecular formula is C43H45ClF4N6O5. The minimum atomic E-state index is -4.97. The lowest BCUT2D eigenvalue weighted by molar-refractivity contribution is -0.137. The molecule has 2 aliphatic heterocycles. The van der Waals surface area contributed by atoms with Crippen LogP contribution in [-0.2, 0) is 24.0 Å². The summed E-state index contributed by atoms with van der Waals surface area (Å²) in [5.41, 5.74) is -2.07. The molecule has 1 fully saturated rings. The zero-order valence-electron chi connectivity index (χ0n) is 33.9. The van der Waals surface area contributed by atoms with E-state index in [1.54, 1.807) is 76.0 Å². The fourth-order valence-electron chi connectivity index (χ4n) is 7.94. The molecule has 0 aliphatic carbocycles. The highest BCUT2D eigenvalue weighted by Crippen LogP contribution is 2.51. The average molecular weight is 837 g/mol. The molecule has 0 saturated carbocycles. The number of aryl methyl sites for hydroxylation is 1. The third-order valence-electron chi connectivity index (χ3n) is 10.6. The third kappa shape index (κ3) is 8.08. The fraction of sp³-hybridized carbons (Fsp3) is 0.395.